The zero-order valence-corrected chi connectivity index (χ0v) is 25.4. The van der Waals surface area contributed by atoms with Gasteiger partial charge in [0.1, 0.15) is 46.1 Å². The smallest absolute Gasteiger partial charge is 0.234 e. The van der Waals surface area contributed by atoms with Crippen LogP contribution in [0.2, 0.25) is 0 Å². The first-order valence-corrected chi connectivity index (χ1v) is 15.1. The van der Waals surface area contributed by atoms with E-state index in [4.69, 9.17) is 18.9 Å². The maximum atomic E-state index is 16.0. The van der Waals surface area contributed by atoms with Gasteiger partial charge in [-0.15, -0.1) is 0 Å². The Labute approximate surface area is 277 Å². The minimum Gasteiger partial charge on any atom is -0.457 e. The van der Waals surface area contributed by atoms with Gasteiger partial charge >= 0.3 is 0 Å². The van der Waals surface area contributed by atoms with Crippen molar-refractivity contribution in [1.29, 1.82) is 0 Å². The number of rotatable bonds is 9. The molecule has 4 aromatic carbocycles. The minimum absolute atomic E-state index is 0.0387. The Morgan fingerprint density at radius 1 is 0.408 bits per heavy atom. The first-order chi connectivity index (χ1) is 24.1. The largest absolute Gasteiger partial charge is 0.457 e. The van der Waals surface area contributed by atoms with E-state index in [0.29, 0.717) is 45.8 Å². The zero-order valence-electron chi connectivity index (χ0n) is 25.4. The zero-order chi connectivity index (χ0) is 33.2. The van der Waals surface area contributed by atoms with Crippen LogP contribution in [0.1, 0.15) is 0 Å². The number of aromatic nitrogens is 5. The number of benzene rings is 4. The van der Waals surface area contributed by atoms with Crippen LogP contribution < -0.4 is 18.9 Å². The molecule has 8 rings (SSSR count). The molecule has 0 saturated heterocycles. The molecule has 0 amide bonds. The van der Waals surface area contributed by atoms with Gasteiger partial charge in [0.2, 0.25) is 17.7 Å². The normalized spacial score (nSPS) is 11.1. The first kappa shape index (κ1) is 29.5. The lowest BCUT2D eigenvalue weighted by Gasteiger charge is -2.11. The van der Waals surface area contributed by atoms with Gasteiger partial charge in [0, 0.05) is 84.1 Å². The van der Waals surface area contributed by atoms with Gasteiger partial charge in [-0.2, -0.15) is 0 Å². The molecule has 0 N–H and O–H groups in total. The quantitative estimate of drug-likeness (QED) is 0.152. The van der Waals surface area contributed by atoms with Crippen molar-refractivity contribution in [2.24, 2.45) is 0 Å². The highest BCUT2D eigenvalue weighted by Gasteiger charge is 2.23. The molecule has 0 aliphatic carbocycles. The molecule has 49 heavy (non-hydrogen) atoms. The number of nitrogens with zero attached hydrogens (tertiary/aromatic N) is 5. The van der Waals surface area contributed by atoms with Crippen molar-refractivity contribution < 1.29 is 27.7 Å². The summed E-state index contributed by atoms with van der Waals surface area (Å²) >= 11 is 0. The SMILES string of the molecule is Fc1cc(Oc2cccc(Oc3ccccn3)c2)cc2c1c1c(F)cc(Oc3cccc(Oc4ccccn4)c3)cc1n2-c1ncccn1. The number of halogens is 2. The van der Waals surface area contributed by atoms with E-state index in [-0.39, 0.29) is 28.2 Å². The summed E-state index contributed by atoms with van der Waals surface area (Å²) in [6.45, 7) is 0. The molecule has 0 aliphatic rings. The highest BCUT2D eigenvalue weighted by atomic mass is 19.1. The third-order valence-corrected chi connectivity index (χ3v) is 7.37. The van der Waals surface area contributed by atoms with Gasteiger partial charge in [-0.05, 0) is 42.5 Å². The standard InChI is InChI=1S/C38H23F2N5O4/c39-30-20-28(46-24-8-5-10-26(18-24)48-34-12-1-3-14-41-34)22-32-36(30)37-31(40)21-29(23-33(37)45(32)38-43-16-7-17-44-38)47-25-9-6-11-27(19-25)49-35-13-2-4-15-42-35/h1-23H. The van der Waals surface area contributed by atoms with E-state index in [2.05, 4.69) is 19.9 Å². The molecule has 4 aromatic heterocycles. The van der Waals surface area contributed by atoms with Crippen LogP contribution in [0.5, 0.6) is 46.3 Å². The van der Waals surface area contributed by atoms with Crippen molar-refractivity contribution in [2.45, 2.75) is 0 Å². The minimum atomic E-state index is -0.694. The van der Waals surface area contributed by atoms with Crippen LogP contribution in [0.25, 0.3) is 27.8 Å². The predicted molar refractivity (Wildman–Crippen MR) is 178 cm³/mol. The van der Waals surface area contributed by atoms with E-state index in [1.807, 2.05) is 12.1 Å². The fourth-order valence-corrected chi connectivity index (χ4v) is 5.38. The van der Waals surface area contributed by atoms with Gasteiger partial charge in [0.05, 0.1) is 11.0 Å². The van der Waals surface area contributed by atoms with Crippen molar-refractivity contribution >= 4 is 21.8 Å². The second kappa shape index (κ2) is 12.7. The number of pyridine rings is 2. The summed E-state index contributed by atoms with van der Waals surface area (Å²) in [4.78, 5) is 17.1. The van der Waals surface area contributed by atoms with Crippen LogP contribution in [0.4, 0.5) is 8.78 Å². The van der Waals surface area contributed by atoms with Gasteiger partial charge in [-0.1, -0.05) is 24.3 Å². The van der Waals surface area contributed by atoms with Crippen molar-refractivity contribution in [3.05, 3.63) is 152 Å². The van der Waals surface area contributed by atoms with E-state index in [1.165, 1.54) is 12.1 Å². The maximum Gasteiger partial charge on any atom is 0.234 e. The summed E-state index contributed by atoms with van der Waals surface area (Å²) in [7, 11) is 0. The Morgan fingerprint density at radius 2 is 0.857 bits per heavy atom. The Kier molecular flexibility index (Phi) is 7.67. The molecule has 8 aromatic rings. The Hall–Kier alpha value is -6.88. The molecule has 11 heteroatoms. The van der Waals surface area contributed by atoms with Gasteiger partial charge in [0.25, 0.3) is 0 Å². The summed E-state index contributed by atoms with van der Waals surface area (Å²) in [6.07, 6.45) is 6.35. The van der Waals surface area contributed by atoms with E-state index in [0.717, 1.165) is 0 Å². The Bertz CT molecular complexity index is 2280. The molecule has 0 fully saturated rings. The van der Waals surface area contributed by atoms with Crippen molar-refractivity contribution in [1.82, 2.24) is 24.5 Å². The van der Waals surface area contributed by atoms with Crippen LogP contribution in [0.15, 0.2) is 140 Å². The van der Waals surface area contributed by atoms with Crippen LogP contribution in [0.3, 0.4) is 0 Å². The molecule has 0 saturated carbocycles. The summed E-state index contributed by atoms with van der Waals surface area (Å²) in [6, 6.07) is 31.7. The van der Waals surface area contributed by atoms with Gasteiger partial charge < -0.3 is 18.9 Å². The predicted octanol–water partition coefficient (Wildman–Crippen LogP) is 9.81. The lowest BCUT2D eigenvalue weighted by atomic mass is 10.1. The molecule has 0 radical (unpaired) electrons. The van der Waals surface area contributed by atoms with E-state index in [1.54, 1.807) is 120 Å². The van der Waals surface area contributed by atoms with E-state index in [9.17, 15) is 0 Å². The van der Waals surface area contributed by atoms with Gasteiger partial charge in [0.15, 0.2) is 0 Å². The van der Waals surface area contributed by atoms with E-state index >= 15 is 8.78 Å². The summed E-state index contributed by atoms with van der Waals surface area (Å²) < 4.78 is 57.5. The summed E-state index contributed by atoms with van der Waals surface area (Å²) in [5.41, 5.74) is 0.581. The molecule has 0 bridgehead atoms. The molecule has 238 valence electrons. The molecular formula is C38H23F2N5O4. The third-order valence-electron chi connectivity index (χ3n) is 7.37. The van der Waals surface area contributed by atoms with Crippen LogP contribution >= 0.6 is 0 Å². The van der Waals surface area contributed by atoms with Crippen molar-refractivity contribution in [2.75, 3.05) is 0 Å². The second-order valence-electron chi connectivity index (χ2n) is 10.7. The second-order valence-corrected chi connectivity index (χ2v) is 10.7. The third kappa shape index (κ3) is 6.15. The van der Waals surface area contributed by atoms with Crippen LogP contribution in [0, 0.1) is 11.6 Å². The lowest BCUT2D eigenvalue weighted by molar-refractivity contribution is 0.447. The van der Waals surface area contributed by atoms with E-state index < -0.39 is 11.6 Å². The topological polar surface area (TPSA) is 93.4 Å². The molecule has 4 heterocycles. The van der Waals surface area contributed by atoms with Crippen molar-refractivity contribution in [3.63, 3.8) is 0 Å². The molecule has 9 nitrogen and oxygen atoms in total. The average molecular weight is 652 g/mol. The fourth-order valence-electron chi connectivity index (χ4n) is 5.38. The van der Waals surface area contributed by atoms with Gasteiger partial charge in [-0.3, -0.25) is 4.57 Å². The molecule has 0 atom stereocenters. The van der Waals surface area contributed by atoms with Crippen LogP contribution in [-0.4, -0.2) is 24.5 Å². The average Bonchev–Trinajstić information content (AvgIpc) is 3.45. The lowest BCUT2D eigenvalue weighted by Crippen LogP contribution is -2.00. The first-order valence-electron chi connectivity index (χ1n) is 15.1. The molecular weight excluding hydrogens is 628 g/mol. The molecule has 0 unspecified atom stereocenters. The Balaban J connectivity index is 1.18. The monoisotopic (exact) mass is 651 g/mol. The Morgan fingerprint density at radius 3 is 1.31 bits per heavy atom. The number of ether oxygens (including phenoxy) is 4. The molecule has 0 spiro atoms. The van der Waals surface area contributed by atoms with Crippen LogP contribution in [-0.2, 0) is 0 Å². The fraction of sp³-hybridized carbons (Fsp3) is 0. The summed E-state index contributed by atoms with van der Waals surface area (Å²) in [5.74, 6) is 1.71. The highest BCUT2D eigenvalue weighted by molar-refractivity contribution is 6.10. The number of hydrogen-bond acceptors (Lipinski definition) is 8. The number of hydrogen-bond donors (Lipinski definition) is 0. The maximum absolute atomic E-state index is 16.0. The molecule has 0 aliphatic heterocycles. The summed E-state index contributed by atoms with van der Waals surface area (Å²) in [5, 5.41) is 0.0775. The highest BCUT2D eigenvalue weighted by Crippen LogP contribution is 2.40. The number of fused-ring (bicyclic) bond motifs is 3. The van der Waals surface area contributed by atoms with Crippen molar-refractivity contribution in [3.8, 4) is 52.2 Å². The van der Waals surface area contributed by atoms with Gasteiger partial charge in [-0.25, -0.2) is 28.7 Å².